The Morgan fingerprint density at radius 3 is 1.43 bits per heavy atom. The molecule has 0 aliphatic heterocycles. The van der Waals surface area contributed by atoms with Crippen molar-refractivity contribution in [2.24, 2.45) is 0 Å². The van der Waals surface area contributed by atoms with Gasteiger partial charge in [0.05, 0.1) is 41.5 Å². The Hall–Kier alpha value is -4.69. The maximum Gasteiger partial charge on any atom is 0.421 e. The lowest BCUT2D eigenvalue weighted by molar-refractivity contribution is -0.385. The minimum Gasteiger partial charge on any atom is -0.481 e. The number of ether oxygens (including phenoxy) is 2. The summed E-state index contributed by atoms with van der Waals surface area (Å²) in [5, 5.41) is 19.6. The van der Waals surface area contributed by atoms with Gasteiger partial charge in [-0.2, -0.15) is 39.5 Å². The number of pyridine rings is 3. The van der Waals surface area contributed by atoms with Crippen LogP contribution in [0, 0.1) is 20.2 Å². The van der Waals surface area contributed by atoms with Crippen molar-refractivity contribution in [1.82, 2.24) is 15.0 Å². The molecule has 3 aromatic heterocycles. The molecule has 0 unspecified atom stereocenters. The molecular weight excluding hydrogens is 627 g/mol. The summed E-state index contributed by atoms with van der Waals surface area (Å²) in [7, 11) is 2.12. The van der Waals surface area contributed by atoms with Gasteiger partial charge in [0.15, 0.2) is 0 Å². The molecule has 0 aliphatic carbocycles. The van der Waals surface area contributed by atoms with Gasteiger partial charge in [-0.15, -0.1) is 0 Å². The summed E-state index contributed by atoms with van der Waals surface area (Å²) >= 11 is 5.13. The second-order valence-corrected chi connectivity index (χ2v) is 7.47. The number of aromatic nitrogens is 3. The van der Waals surface area contributed by atoms with E-state index < -0.39 is 73.4 Å². The number of nitrogens with two attached hydrogens (primary N) is 1. The SMILES string of the molecule is COc1ncc(N)cc1C(F)(F)F.COc1ncc([N+](=O)[O-])cc1C(F)(F)F.O=[N+]([O-])c1cnc(Cl)c(C(F)(F)F)c1. The molecule has 0 amide bonds. The Bertz CT molecular complexity index is 1420. The molecule has 0 aromatic carbocycles. The summed E-state index contributed by atoms with van der Waals surface area (Å²) in [5.41, 5.74) is 0.0919. The molecule has 0 atom stereocenters. The van der Waals surface area contributed by atoms with Gasteiger partial charge in [0, 0.05) is 12.1 Å². The number of nitrogen functional groups attached to an aromatic ring is 1. The predicted molar refractivity (Wildman–Crippen MR) is 124 cm³/mol. The Morgan fingerprint density at radius 2 is 1.05 bits per heavy atom. The lowest BCUT2D eigenvalue weighted by Crippen LogP contribution is -2.09. The topological polar surface area (TPSA) is 169 Å². The molecule has 22 heteroatoms. The van der Waals surface area contributed by atoms with Gasteiger partial charge in [-0.05, 0) is 6.07 Å². The van der Waals surface area contributed by atoms with Crippen molar-refractivity contribution >= 4 is 28.7 Å². The summed E-state index contributed by atoms with van der Waals surface area (Å²) in [4.78, 5) is 28.1. The lowest BCUT2D eigenvalue weighted by atomic mass is 10.2. The van der Waals surface area contributed by atoms with Gasteiger partial charge in [-0.25, -0.2) is 15.0 Å². The highest BCUT2D eigenvalue weighted by molar-refractivity contribution is 6.30. The van der Waals surface area contributed by atoms with Crippen LogP contribution in [0.1, 0.15) is 16.7 Å². The monoisotopic (exact) mass is 640 g/mol. The first kappa shape index (κ1) is 35.3. The summed E-state index contributed by atoms with van der Waals surface area (Å²) in [6, 6.07) is 1.51. The third kappa shape index (κ3) is 10.1. The second-order valence-electron chi connectivity index (χ2n) is 7.12. The first-order valence-electron chi connectivity index (χ1n) is 10.1. The summed E-state index contributed by atoms with van der Waals surface area (Å²) < 4.78 is 119. The fraction of sp³-hybridized carbons (Fsp3) is 0.250. The third-order valence-electron chi connectivity index (χ3n) is 4.26. The molecule has 0 fully saturated rings. The largest absolute Gasteiger partial charge is 0.481 e. The van der Waals surface area contributed by atoms with Crippen molar-refractivity contribution in [3.8, 4) is 11.8 Å². The van der Waals surface area contributed by atoms with Crippen LogP contribution < -0.4 is 15.2 Å². The van der Waals surface area contributed by atoms with Crippen LogP contribution >= 0.6 is 11.6 Å². The van der Waals surface area contributed by atoms with Crippen LogP contribution in [-0.4, -0.2) is 39.0 Å². The number of anilines is 1. The Balaban J connectivity index is 0.000000316. The molecule has 42 heavy (non-hydrogen) atoms. The fourth-order valence-corrected chi connectivity index (χ4v) is 2.69. The molecule has 0 spiro atoms. The Kier molecular flexibility index (Phi) is 11.6. The Morgan fingerprint density at radius 1 is 0.690 bits per heavy atom. The van der Waals surface area contributed by atoms with E-state index in [9.17, 15) is 59.7 Å². The average molecular weight is 641 g/mol. The molecule has 0 bridgehead atoms. The maximum absolute atomic E-state index is 12.3. The van der Waals surface area contributed by atoms with Gasteiger partial charge in [0.2, 0.25) is 11.8 Å². The first-order chi connectivity index (χ1) is 19.1. The molecule has 0 radical (unpaired) electrons. The normalized spacial score (nSPS) is 11.3. The molecule has 230 valence electrons. The van der Waals surface area contributed by atoms with Gasteiger partial charge in [0.1, 0.15) is 28.7 Å². The molecule has 0 saturated carbocycles. The van der Waals surface area contributed by atoms with Crippen LogP contribution in [0.4, 0.5) is 56.6 Å². The van der Waals surface area contributed by atoms with E-state index in [-0.39, 0.29) is 5.69 Å². The van der Waals surface area contributed by atoms with Gasteiger partial charge >= 0.3 is 18.5 Å². The number of methoxy groups -OCH3 is 2. The molecule has 0 saturated heterocycles. The second kappa shape index (κ2) is 13.8. The lowest BCUT2D eigenvalue weighted by Gasteiger charge is -2.10. The molecule has 2 N–H and O–H groups in total. The number of halogens is 10. The molecular formula is C20H14ClF9N6O6. The van der Waals surface area contributed by atoms with E-state index >= 15 is 0 Å². The van der Waals surface area contributed by atoms with E-state index in [4.69, 9.17) is 17.3 Å². The van der Waals surface area contributed by atoms with E-state index in [1.54, 1.807) is 0 Å². The van der Waals surface area contributed by atoms with Gasteiger partial charge in [-0.3, -0.25) is 20.2 Å². The zero-order valence-electron chi connectivity index (χ0n) is 20.5. The fourth-order valence-electron chi connectivity index (χ4n) is 2.48. The van der Waals surface area contributed by atoms with Crippen LogP contribution in [0.25, 0.3) is 0 Å². The van der Waals surface area contributed by atoms with Crippen molar-refractivity contribution in [2.45, 2.75) is 18.5 Å². The van der Waals surface area contributed by atoms with Gasteiger partial charge in [-0.1, -0.05) is 11.6 Å². The third-order valence-corrected chi connectivity index (χ3v) is 4.56. The number of rotatable bonds is 4. The van der Waals surface area contributed by atoms with E-state index in [2.05, 4.69) is 24.4 Å². The van der Waals surface area contributed by atoms with Crippen molar-refractivity contribution in [2.75, 3.05) is 20.0 Å². The van der Waals surface area contributed by atoms with Crippen LogP contribution in [0.3, 0.4) is 0 Å². The zero-order valence-corrected chi connectivity index (χ0v) is 21.3. The van der Waals surface area contributed by atoms with E-state index in [1.165, 1.54) is 0 Å². The van der Waals surface area contributed by atoms with Crippen LogP contribution in [-0.2, 0) is 18.5 Å². The van der Waals surface area contributed by atoms with Crippen molar-refractivity contribution < 1.29 is 58.8 Å². The van der Waals surface area contributed by atoms with Crippen molar-refractivity contribution in [3.05, 3.63) is 78.9 Å². The van der Waals surface area contributed by atoms with Gasteiger partial charge in [0.25, 0.3) is 11.4 Å². The van der Waals surface area contributed by atoms with E-state index in [0.717, 1.165) is 26.5 Å². The summed E-state index contributed by atoms with van der Waals surface area (Å²) in [6.45, 7) is 0. The number of hydrogen-bond acceptors (Lipinski definition) is 10. The van der Waals surface area contributed by atoms with Gasteiger partial charge < -0.3 is 15.2 Å². The highest BCUT2D eigenvalue weighted by atomic mass is 35.5. The number of alkyl halides is 9. The minimum atomic E-state index is -4.74. The highest BCUT2D eigenvalue weighted by Crippen LogP contribution is 2.37. The molecule has 12 nitrogen and oxygen atoms in total. The average Bonchev–Trinajstić information content (AvgIpc) is 2.87. The van der Waals surface area contributed by atoms with Crippen LogP contribution in [0.15, 0.2) is 36.8 Å². The van der Waals surface area contributed by atoms with Crippen molar-refractivity contribution in [3.63, 3.8) is 0 Å². The maximum atomic E-state index is 12.3. The smallest absolute Gasteiger partial charge is 0.421 e. The molecule has 3 heterocycles. The van der Waals surface area contributed by atoms with Crippen LogP contribution in [0.2, 0.25) is 5.15 Å². The van der Waals surface area contributed by atoms with Crippen molar-refractivity contribution in [1.29, 1.82) is 0 Å². The number of nitro groups is 2. The zero-order chi connectivity index (χ0) is 32.6. The molecule has 0 aliphatic rings. The summed E-state index contributed by atoms with van der Waals surface area (Å²) in [5.74, 6) is -1.16. The van der Waals surface area contributed by atoms with E-state index in [0.29, 0.717) is 24.5 Å². The molecule has 3 rings (SSSR count). The summed E-state index contributed by atoms with van der Waals surface area (Å²) in [6.07, 6.45) is -11.5. The Labute approximate surface area is 232 Å². The first-order valence-corrected chi connectivity index (χ1v) is 10.5. The number of nitrogens with zero attached hydrogens (tertiary/aromatic N) is 5. The minimum absolute atomic E-state index is 0.0480. The molecule has 3 aromatic rings. The van der Waals surface area contributed by atoms with Crippen LogP contribution in [0.5, 0.6) is 11.8 Å². The highest BCUT2D eigenvalue weighted by Gasteiger charge is 2.38. The number of hydrogen-bond donors (Lipinski definition) is 1. The quantitative estimate of drug-likeness (QED) is 0.146. The predicted octanol–water partition coefficient (Wildman–Crippen LogP) is 6.37. The standard InChI is InChI=1S/C7H5F3N2O3.C7H7F3N2O.C6H2ClF3N2O2/c1-15-6-5(7(8,9)10)2-4(3-11-6)12(13)14;1-13-6-5(7(8,9)10)2-4(11)3-12-6;7-5-4(6(8,9)10)1-3(2-11-5)12(13)14/h2-3H,1H3;2-3H,11H2,1H3;1-2H. The van der Waals surface area contributed by atoms with E-state index in [1.807, 2.05) is 0 Å².